The van der Waals surface area contributed by atoms with E-state index in [1.165, 1.54) is 11.1 Å². The summed E-state index contributed by atoms with van der Waals surface area (Å²) in [6.45, 7) is 3.95. The summed E-state index contributed by atoms with van der Waals surface area (Å²) in [7, 11) is 1.91. The molecule has 1 N–H and O–H groups in total. The van der Waals surface area contributed by atoms with Gasteiger partial charge >= 0.3 is 0 Å². The van der Waals surface area contributed by atoms with Crippen molar-refractivity contribution >= 4 is 0 Å². The van der Waals surface area contributed by atoms with Crippen LogP contribution in [-0.4, -0.2) is 7.05 Å². The molecule has 0 aromatic rings. The van der Waals surface area contributed by atoms with E-state index in [1.807, 2.05) is 13.2 Å². The molecule has 1 heteroatoms. The minimum absolute atomic E-state index is 1.10. The molecule has 0 saturated carbocycles. The Morgan fingerprint density at radius 3 is 3.10 bits per heavy atom. The SMILES string of the molecule is C=C1CCC=C/C1=C/NC. The Kier molecular flexibility index (Phi) is 2.32. The second kappa shape index (κ2) is 3.25. The van der Waals surface area contributed by atoms with Gasteiger partial charge < -0.3 is 5.32 Å². The summed E-state index contributed by atoms with van der Waals surface area (Å²) in [6.07, 6.45) is 8.52. The van der Waals surface area contributed by atoms with Gasteiger partial charge in [-0.15, -0.1) is 0 Å². The van der Waals surface area contributed by atoms with Crippen molar-refractivity contribution in [2.75, 3.05) is 7.05 Å². The summed E-state index contributed by atoms with van der Waals surface area (Å²) in [6, 6.07) is 0. The third kappa shape index (κ3) is 1.50. The monoisotopic (exact) mass is 135 g/mol. The Balaban J connectivity index is 2.73. The van der Waals surface area contributed by atoms with Crippen molar-refractivity contribution in [3.63, 3.8) is 0 Å². The molecule has 10 heavy (non-hydrogen) atoms. The molecule has 0 amide bonds. The van der Waals surface area contributed by atoms with Crippen LogP contribution in [0.2, 0.25) is 0 Å². The summed E-state index contributed by atoms with van der Waals surface area (Å²) in [5.74, 6) is 0. The fourth-order valence-corrected chi connectivity index (χ4v) is 1.04. The predicted octanol–water partition coefficient (Wildman–Crippen LogP) is 2.00. The van der Waals surface area contributed by atoms with E-state index in [0.29, 0.717) is 0 Å². The molecule has 0 aromatic heterocycles. The maximum Gasteiger partial charge on any atom is 0.00376 e. The molecule has 0 fully saturated rings. The molecular weight excluding hydrogens is 122 g/mol. The first-order valence-corrected chi connectivity index (χ1v) is 3.56. The van der Waals surface area contributed by atoms with Crippen molar-refractivity contribution < 1.29 is 0 Å². The molecule has 0 radical (unpaired) electrons. The largest absolute Gasteiger partial charge is 0.393 e. The molecule has 1 aliphatic carbocycles. The third-order valence-electron chi connectivity index (χ3n) is 1.62. The van der Waals surface area contributed by atoms with Crippen molar-refractivity contribution in [3.8, 4) is 0 Å². The van der Waals surface area contributed by atoms with Gasteiger partial charge in [-0.2, -0.15) is 0 Å². The Hall–Kier alpha value is -0.980. The van der Waals surface area contributed by atoms with E-state index >= 15 is 0 Å². The van der Waals surface area contributed by atoms with Gasteiger partial charge in [-0.3, -0.25) is 0 Å². The van der Waals surface area contributed by atoms with Gasteiger partial charge in [0.2, 0.25) is 0 Å². The average Bonchev–Trinajstić information content (AvgIpc) is 1.94. The molecule has 54 valence electrons. The van der Waals surface area contributed by atoms with Crippen LogP contribution in [0.15, 0.2) is 36.1 Å². The molecular formula is C9H13N. The maximum atomic E-state index is 3.95. The zero-order chi connectivity index (χ0) is 7.40. The van der Waals surface area contributed by atoms with E-state index < -0.39 is 0 Å². The molecule has 0 unspecified atom stereocenters. The van der Waals surface area contributed by atoms with Crippen LogP contribution in [0, 0.1) is 0 Å². The van der Waals surface area contributed by atoms with Crippen LogP contribution in [0.1, 0.15) is 12.8 Å². The lowest BCUT2D eigenvalue weighted by Crippen LogP contribution is -1.99. The highest BCUT2D eigenvalue weighted by atomic mass is 14.8. The van der Waals surface area contributed by atoms with Crippen LogP contribution in [0.4, 0.5) is 0 Å². The van der Waals surface area contributed by atoms with E-state index in [2.05, 4.69) is 24.0 Å². The number of hydrogen-bond acceptors (Lipinski definition) is 1. The Bertz CT molecular complexity index is 187. The smallest absolute Gasteiger partial charge is 0.00376 e. The van der Waals surface area contributed by atoms with Crippen LogP contribution >= 0.6 is 0 Å². The van der Waals surface area contributed by atoms with Gasteiger partial charge in [0.15, 0.2) is 0 Å². The molecule has 0 aliphatic heterocycles. The summed E-state index contributed by atoms with van der Waals surface area (Å²) in [4.78, 5) is 0. The molecule has 1 nitrogen and oxygen atoms in total. The molecule has 0 atom stereocenters. The number of nitrogens with one attached hydrogen (secondary N) is 1. The van der Waals surface area contributed by atoms with Crippen molar-refractivity contribution in [1.82, 2.24) is 5.32 Å². The van der Waals surface area contributed by atoms with E-state index in [1.54, 1.807) is 0 Å². The van der Waals surface area contributed by atoms with Crippen LogP contribution in [-0.2, 0) is 0 Å². The van der Waals surface area contributed by atoms with E-state index in [-0.39, 0.29) is 0 Å². The summed E-state index contributed by atoms with van der Waals surface area (Å²) in [5, 5.41) is 2.99. The van der Waals surface area contributed by atoms with Crippen molar-refractivity contribution in [1.29, 1.82) is 0 Å². The van der Waals surface area contributed by atoms with Gasteiger partial charge in [0.1, 0.15) is 0 Å². The normalized spacial score (nSPS) is 21.7. The van der Waals surface area contributed by atoms with Gasteiger partial charge in [-0.25, -0.2) is 0 Å². The fourth-order valence-electron chi connectivity index (χ4n) is 1.04. The number of allylic oxidation sites excluding steroid dienone is 4. The quantitative estimate of drug-likeness (QED) is 0.580. The number of rotatable bonds is 1. The first-order valence-electron chi connectivity index (χ1n) is 3.56. The van der Waals surface area contributed by atoms with Gasteiger partial charge in [0.05, 0.1) is 0 Å². The minimum atomic E-state index is 1.10. The van der Waals surface area contributed by atoms with Crippen LogP contribution in [0.25, 0.3) is 0 Å². The molecule has 0 aromatic carbocycles. The second-order valence-electron chi connectivity index (χ2n) is 2.43. The van der Waals surface area contributed by atoms with Crippen LogP contribution < -0.4 is 5.32 Å². The van der Waals surface area contributed by atoms with Crippen molar-refractivity contribution in [2.24, 2.45) is 0 Å². The van der Waals surface area contributed by atoms with Crippen LogP contribution in [0.5, 0.6) is 0 Å². The zero-order valence-electron chi connectivity index (χ0n) is 6.35. The molecule has 0 heterocycles. The van der Waals surface area contributed by atoms with Gasteiger partial charge in [-0.1, -0.05) is 18.7 Å². The fraction of sp³-hybridized carbons (Fsp3) is 0.333. The van der Waals surface area contributed by atoms with Crippen LogP contribution in [0.3, 0.4) is 0 Å². The summed E-state index contributed by atoms with van der Waals surface area (Å²) in [5.41, 5.74) is 2.46. The molecule has 1 aliphatic rings. The van der Waals surface area contributed by atoms with Crippen molar-refractivity contribution in [2.45, 2.75) is 12.8 Å². The van der Waals surface area contributed by atoms with Gasteiger partial charge in [0, 0.05) is 13.2 Å². The number of hydrogen-bond donors (Lipinski definition) is 1. The average molecular weight is 135 g/mol. The highest BCUT2D eigenvalue weighted by Crippen LogP contribution is 2.19. The zero-order valence-corrected chi connectivity index (χ0v) is 6.35. The van der Waals surface area contributed by atoms with E-state index in [0.717, 1.165) is 12.8 Å². The molecule has 0 saturated heterocycles. The Labute approximate surface area is 62.1 Å². The standard InChI is InChI=1S/C9H13N/c1-8-5-3-4-6-9(8)7-10-2/h4,6-7,10H,1,3,5H2,2H3/b9-7-. The molecule has 0 bridgehead atoms. The second-order valence-corrected chi connectivity index (χ2v) is 2.43. The highest BCUT2D eigenvalue weighted by Gasteiger charge is 2.01. The van der Waals surface area contributed by atoms with Crippen molar-refractivity contribution in [3.05, 3.63) is 36.1 Å². The predicted molar refractivity (Wildman–Crippen MR) is 44.7 cm³/mol. The van der Waals surface area contributed by atoms with E-state index in [9.17, 15) is 0 Å². The van der Waals surface area contributed by atoms with Gasteiger partial charge in [0.25, 0.3) is 0 Å². The van der Waals surface area contributed by atoms with Gasteiger partial charge in [-0.05, 0) is 24.0 Å². The lowest BCUT2D eigenvalue weighted by molar-refractivity contribution is 0.959. The first kappa shape index (κ1) is 7.13. The minimum Gasteiger partial charge on any atom is -0.393 e. The van der Waals surface area contributed by atoms with E-state index in [4.69, 9.17) is 0 Å². The lowest BCUT2D eigenvalue weighted by Gasteiger charge is -2.09. The maximum absolute atomic E-state index is 3.95. The Morgan fingerprint density at radius 2 is 2.50 bits per heavy atom. The third-order valence-corrected chi connectivity index (χ3v) is 1.62. The molecule has 1 rings (SSSR count). The summed E-state index contributed by atoms with van der Waals surface area (Å²) >= 11 is 0. The lowest BCUT2D eigenvalue weighted by atomic mass is 9.98. The topological polar surface area (TPSA) is 12.0 Å². The first-order chi connectivity index (χ1) is 4.84. The molecule has 0 spiro atoms. The highest BCUT2D eigenvalue weighted by molar-refractivity contribution is 5.40. The Morgan fingerprint density at radius 1 is 1.70 bits per heavy atom. The summed E-state index contributed by atoms with van der Waals surface area (Å²) < 4.78 is 0.